The molecule has 7 heteroatoms. The summed E-state index contributed by atoms with van der Waals surface area (Å²) < 4.78 is 0. The van der Waals surface area contributed by atoms with Crippen LogP contribution in [-0.4, -0.2) is 35.3 Å². The van der Waals surface area contributed by atoms with Gasteiger partial charge in [0.2, 0.25) is 5.91 Å². The van der Waals surface area contributed by atoms with Gasteiger partial charge in [-0.2, -0.15) is 0 Å². The highest BCUT2D eigenvalue weighted by Crippen LogP contribution is 2.30. The lowest BCUT2D eigenvalue weighted by atomic mass is 9.82. The van der Waals surface area contributed by atoms with Crippen molar-refractivity contribution in [1.29, 1.82) is 0 Å². The van der Waals surface area contributed by atoms with Gasteiger partial charge in [-0.05, 0) is 37.7 Å². The number of imide groups is 1. The molecule has 0 aromatic carbocycles. The van der Waals surface area contributed by atoms with Crippen LogP contribution in [0.25, 0.3) is 0 Å². The zero-order valence-electron chi connectivity index (χ0n) is 12.4. The maximum Gasteiger partial charge on any atom is 0.336 e. The summed E-state index contributed by atoms with van der Waals surface area (Å²) >= 11 is 0. The van der Waals surface area contributed by atoms with Gasteiger partial charge in [-0.25, -0.2) is 4.79 Å². The molecular formula is C15H20N2O5. The highest BCUT2D eigenvalue weighted by Gasteiger charge is 2.36. The van der Waals surface area contributed by atoms with E-state index < -0.39 is 17.8 Å². The molecule has 1 saturated carbocycles. The predicted molar refractivity (Wildman–Crippen MR) is 75.8 cm³/mol. The molecule has 1 heterocycles. The SMILES string of the molecule is C=CC(=O)NCC1CCC(C(=O)ON2C(=O)CCC2=O)CC1. The summed E-state index contributed by atoms with van der Waals surface area (Å²) in [6.07, 6.45) is 4.27. The fourth-order valence-electron chi connectivity index (χ4n) is 2.74. The van der Waals surface area contributed by atoms with Crippen LogP contribution in [0, 0.1) is 11.8 Å². The molecule has 0 radical (unpaired) electrons. The van der Waals surface area contributed by atoms with E-state index in [0.29, 0.717) is 30.4 Å². The summed E-state index contributed by atoms with van der Waals surface area (Å²) in [4.78, 5) is 50.9. The van der Waals surface area contributed by atoms with E-state index in [-0.39, 0.29) is 24.7 Å². The van der Waals surface area contributed by atoms with Gasteiger partial charge < -0.3 is 10.2 Å². The van der Waals surface area contributed by atoms with Crippen LogP contribution < -0.4 is 5.32 Å². The molecule has 2 fully saturated rings. The Bertz CT molecular complexity index is 478. The van der Waals surface area contributed by atoms with Crippen LogP contribution in [0.1, 0.15) is 38.5 Å². The van der Waals surface area contributed by atoms with Crippen molar-refractivity contribution < 1.29 is 24.0 Å². The Kier molecular flexibility index (Phi) is 5.30. The predicted octanol–water partition coefficient (Wildman–Crippen LogP) is 0.702. The standard InChI is InChI=1S/C15H20N2O5/c1-2-12(18)16-9-10-3-5-11(6-4-10)15(21)22-17-13(19)7-8-14(17)20/h2,10-11H,1,3-9H2,(H,16,18). The second-order valence-corrected chi connectivity index (χ2v) is 5.66. The minimum Gasteiger partial charge on any atom is -0.352 e. The quantitative estimate of drug-likeness (QED) is 0.596. The first-order valence-corrected chi connectivity index (χ1v) is 7.49. The summed E-state index contributed by atoms with van der Waals surface area (Å²) in [5.41, 5.74) is 0. The van der Waals surface area contributed by atoms with Gasteiger partial charge in [-0.15, -0.1) is 5.06 Å². The number of carbonyl (C=O) groups is 4. The molecule has 0 atom stereocenters. The van der Waals surface area contributed by atoms with E-state index in [0.717, 1.165) is 12.8 Å². The number of amides is 3. The first kappa shape index (κ1) is 16.2. The monoisotopic (exact) mass is 308 g/mol. The zero-order valence-corrected chi connectivity index (χ0v) is 12.4. The lowest BCUT2D eigenvalue weighted by Crippen LogP contribution is -2.36. The number of hydrogen-bond acceptors (Lipinski definition) is 5. The average molecular weight is 308 g/mol. The Morgan fingerprint density at radius 2 is 1.77 bits per heavy atom. The van der Waals surface area contributed by atoms with Crippen LogP contribution in [0.5, 0.6) is 0 Å². The number of hydroxylamine groups is 2. The molecule has 7 nitrogen and oxygen atoms in total. The van der Waals surface area contributed by atoms with Crippen LogP contribution in [-0.2, 0) is 24.0 Å². The van der Waals surface area contributed by atoms with E-state index in [1.807, 2.05) is 0 Å². The van der Waals surface area contributed by atoms with E-state index in [1.165, 1.54) is 6.08 Å². The van der Waals surface area contributed by atoms with Crippen molar-refractivity contribution in [3.8, 4) is 0 Å². The summed E-state index contributed by atoms with van der Waals surface area (Å²) in [7, 11) is 0. The number of nitrogens with zero attached hydrogens (tertiary/aromatic N) is 1. The third-order valence-corrected chi connectivity index (χ3v) is 4.12. The third kappa shape index (κ3) is 3.93. The van der Waals surface area contributed by atoms with Crippen LogP contribution in [0.2, 0.25) is 0 Å². The molecule has 2 rings (SSSR count). The van der Waals surface area contributed by atoms with E-state index in [9.17, 15) is 19.2 Å². The molecule has 1 aliphatic heterocycles. The van der Waals surface area contributed by atoms with Gasteiger partial charge in [-0.1, -0.05) is 6.58 Å². The zero-order chi connectivity index (χ0) is 16.1. The molecule has 0 aromatic heterocycles. The fraction of sp³-hybridized carbons (Fsp3) is 0.600. The van der Waals surface area contributed by atoms with Crippen LogP contribution >= 0.6 is 0 Å². The molecule has 3 amide bonds. The molecule has 0 unspecified atom stereocenters. The number of nitrogens with one attached hydrogen (secondary N) is 1. The van der Waals surface area contributed by atoms with Crippen molar-refractivity contribution in [2.24, 2.45) is 11.8 Å². The average Bonchev–Trinajstić information content (AvgIpc) is 2.84. The highest BCUT2D eigenvalue weighted by atomic mass is 16.7. The van der Waals surface area contributed by atoms with Crippen molar-refractivity contribution >= 4 is 23.7 Å². The Balaban J connectivity index is 1.75. The molecule has 1 saturated heterocycles. The highest BCUT2D eigenvalue weighted by molar-refractivity contribution is 6.01. The lowest BCUT2D eigenvalue weighted by molar-refractivity contribution is -0.201. The normalized spacial score (nSPS) is 25.0. The van der Waals surface area contributed by atoms with Crippen molar-refractivity contribution in [3.05, 3.63) is 12.7 Å². The summed E-state index contributed by atoms with van der Waals surface area (Å²) in [6.45, 7) is 3.95. The molecule has 0 aromatic rings. The Labute approximate surface area is 128 Å². The maximum atomic E-state index is 12.0. The minimum absolute atomic E-state index is 0.0991. The second kappa shape index (κ2) is 7.20. The minimum atomic E-state index is -0.517. The van der Waals surface area contributed by atoms with Crippen molar-refractivity contribution in [3.63, 3.8) is 0 Å². The van der Waals surface area contributed by atoms with E-state index >= 15 is 0 Å². The summed E-state index contributed by atoms with van der Waals surface area (Å²) in [5, 5.41) is 3.34. The van der Waals surface area contributed by atoms with Gasteiger partial charge >= 0.3 is 5.97 Å². The van der Waals surface area contributed by atoms with Crippen LogP contribution in [0.15, 0.2) is 12.7 Å². The largest absolute Gasteiger partial charge is 0.352 e. The Morgan fingerprint density at radius 1 is 1.18 bits per heavy atom. The molecule has 2 aliphatic rings. The van der Waals surface area contributed by atoms with Crippen molar-refractivity contribution in [1.82, 2.24) is 10.4 Å². The fourth-order valence-corrected chi connectivity index (χ4v) is 2.74. The molecule has 1 aliphatic carbocycles. The molecular weight excluding hydrogens is 288 g/mol. The van der Waals surface area contributed by atoms with Gasteiger partial charge in [0.15, 0.2) is 0 Å². The number of rotatable bonds is 5. The van der Waals surface area contributed by atoms with Crippen molar-refractivity contribution in [2.75, 3.05) is 6.54 Å². The van der Waals surface area contributed by atoms with Gasteiger partial charge in [-0.3, -0.25) is 14.4 Å². The van der Waals surface area contributed by atoms with E-state index in [1.54, 1.807) is 0 Å². The topological polar surface area (TPSA) is 92.8 Å². The first-order chi connectivity index (χ1) is 10.5. The van der Waals surface area contributed by atoms with Gasteiger partial charge in [0.1, 0.15) is 0 Å². The first-order valence-electron chi connectivity index (χ1n) is 7.49. The van der Waals surface area contributed by atoms with Crippen LogP contribution in [0.3, 0.4) is 0 Å². The summed E-state index contributed by atoms with van der Waals surface area (Å²) in [5.74, 6) is -1.61. The van der Waals surface area contributed by atoms with E-state index in [4.69, 9.17) is 4.84 Å². The van der Waals surface area contributed by atoms with Gasteiger partial charge in [0, 0.05) is 19.4 Å². The smallest absolute Gasteiger partial charge is 0.336 e. The molecule has 0 spiro atoms. The summed E-state index contributed by atoms with van der Waals surface area (Å²) in [6, 6.07) is 0. The Hall–Kier alpha value is -2.18. The van der Waals surface area contributed by atoms with Gasteiger partial charge in [0.25, 0.3) is 11.8 Å². The van der Waals surface area contributed by atoms with E-state index in [2.05, 4.69) is 11.9 Å². The van der Waals surface area contributed by atoms with Crippen LogP contribution in [0.4, 0.5) is 0 Å². The maximum absolute atomic E-state index is 12.0. The number of carbonyl (C=O) groups excluding carboxylic acids is 4. The Morgan fingerprint density at radius 3 is 2.32 bits per heavy atom. The molecule has 0 bridgehead atoms. The second-order valence-electron chi connectivity index (χ2n) is 5.66. The molecule has 1 N–H and O–H groups in total. The van der Waals surface area contributed by atoms with Crippen molar-refractivity contribution in [2.45, 2.75) is 38.5 Å². The number of hydrogen-bond donors (Lipinski definition) is 1. The lowest BCUT2D eigenvalue weighted by Gasteiger charge is -2.27. The van der Waals surface area contributed by atoms with Gasteiger partial charge in [0.05, 0.1) is 5.92 Å². The molecule has 22 heavy (non-hydrogen) atoms. The molecule has 120 valence electrons. The third-order valence-electron chi connectivity index (χ3n) is 4.12.